The normalized spacial score (nSPS) is 139. The van der Waals surface area contributed by atoms with Crippen molar-refractivity contribution in [3.05, 3.63) is 0 Å². The van der Waals surface area contributed by atoms with Gasteiger partial charge in [-0.25, -0.2) is 0 Å². The molecule has 5 atom stereocenters. The van der Waals surface area contributed by atoms with Gasteiger partial charge < -0.3 is 0 Å². The van der Waals surface area contributed by atoms with Gasteiger partial charge in [0.1, 0.15) is 0 Å². The third-order valence-corrected chi connectivity index (χ3v) is 60.4. The maximum atomic E-state index is 10.2. The molecule has 1 N–H and O–H groups in total. The summed E-state index contributed by atoms with van der Waals surface area (Å²) in [5.74, 6) is 0. The standard InChI is InChI=1S/C8H11O.C5H5.Fe/c1-2-7-4-3-5-8(7)6-9;1-2-4-5-3-1;/h3-5,9H,2,6H2,1H3;1-5H;. The van der Waals surface area contributed by atoms with Crippen molar-refractivity contribution < 1.29 is 11.6 Å². The number of aliphatic hydroxyl groups excluding tert-OH is 1. The third-order valence-electron chi connectivity index (χ3n) is 16.3. The van der Waals surface area contributed by atoms with Gasteiger partial charge in [0.25, 0.3) is 0 Å². The van der Waals surface area contributed by atoms with Gasteiger partial charge in [-0.2, -0.15) is 0 Å². The van der Waals surface area contributed by atoms with Crippen LogP contribution in [-0.4, -0.2) is 11.7 Å². The van der Waals surface area contributed by atoms with E-state index in [-0.39, 0.29) is 0 Å². The van der Waals surface area contributed by atoms with Crippen molar-refractivity contribution in [2.45, 2.75) is 60.5 Å². The minimum atomic E-state index is -2.97. The van der Waals surface area contributed by atoms with Crippen LogP contribution in [-0.2, 0) is 6.51 Å². The molecular weight excluding hydrogens is 228 g/mol. The molecule has 10 heterocycles. The molecule has 0 aliphatic carbocycles. The predicted molar refractivity (Wildman–Crippen MR) is 52.8 cm³/mol. The van der Waals surface area contributed by atoms with E-state index in [1.807, 2.05) is 0 Å². The van der Waals surface area contributed by atoms with Crippen molar-refractivity contribution in [2.24, 2.45) is 0 Å². The predicted octanol–water partition coefficient (Wildman–Crippen LogP) is 3.52. The molecule has 0 amide bonds. The third kappa shape index (κ3) is 0.0414. The Morgan fingerprint density at radius 3 is 1.67 bits per heavy atom. The van der Waals surface area contributed by atoms with Gasteiger partial charge in [-0.1, -0.05) is 0 Å². The van der Waals surface area contributed by atoms with Crippen LogP contribution in [0, 0.1) is 0 Å². The molecule has 0 radical (unpaired) electrons. The molecule has 10 fully saturated rings. The summed E-state index contributed by atoms with van der Waals surface area (Å²) in [5, 5.41) is 10.2. The van der Waals surface area contributed by atoms with E-state index in [2.05, 4.69) is 6.92 Å². The van der Waals surface area contributed by atoms with Gasteiger partial charge in [-0.05, 0) is 0 Å². The summed E-state index contributed by atoms with van der Waals surface area (Å²) < 4.78 is 1.67. The van der Waals surface area contributed by atoms with Gasteiger partial charge in [0.05, 0.1) is 0 Å². The zero-order chi connectivity index (χ0) is 9.35. The average Bonchev–Trinajstić information content (AvgIpc) is 3.21. The monoisotopic (exact) mass is 244 g/mol. The Balaban J connectivity index is 1.90. The fraction of sp³-hybridized carbons (Fsp3) is 1.00. The van der Waals surface area contributed by atoms with Crippen LogP contribution < -0.4 is 0 Å². The van der Waals surface area contributed by atoms with Crippen LogP contribution in [0.25, 0.3) is 0 Å². The van der Waals surface area contributed by atoms with Gasteiger partial charge in [0.15, 0.2) is 0 Å². The molecule has 0 aromatic rings. The number of hydrogen-bond donors (Lipinski definition) is 1. The van der Waals surface area contributed by atoms with Crippen LogP contribution in [0.5, 0.6) is 0 Å². The van der Waals surface area contributed by atoms with Crippen LogP contribution in [0.4, 0.5) is 0 Å². The molecule has 2 heteroatoms. The van der Waals surface area contributed by atoms with Crippen molar-refractivity contribution in [3.8, 4) is 0 Å². The van der Waals surface area contributed by atoms with Gasteiger partial charge >= 0.3 is 78.7 Å². The molecule has 0 saturated carbocycles. The van der Waals surface area contributed by atoms with E-state index in [9.17, 15) is 5.11 Å². The van der Waals surface area contributed by atoms with Crippen LogP contribution in [0.2, 0.25) is 47.2 Å². The summed E-state index contributed by atoms with van der Waals surface area (Å²) in [6.07, 6.45) is 1.51. The molecule has 10 aliphatic rings. The molecular formula is C13H16FeO. The van der Waals surface area contributed by atoms with Gasteiger partial charge in [0.2, 0.25) is 0 Å². The van der Waals surface area contributed by atoms with Crippen LogP contribution in [0.3, 0.4) is 0 Å². The van der Waals surface area contributed by atoms with Gasteiger partial charge in [-0.3, -0.25) is 0 Å². The summed E-state index contributed by atoms with van der Waals surface area (Å²) in [4.78, 5) is 10.9. The first-order valence-electron chi connectivity index (χ1n) is 6.88. The quantitative estimate of drug-likeness (QED) is 0.737. The summed E-state index contributed by atoms with van der Waals surface area (Å²) in [5.41, 5.74) is 0. The molecule has 1 spiro atoms. The van der Waals surface area contributed by atoms with Crippen molar-refractivity contribution in [1.29, 1.82) is 0 Å². The van der Waals surface area contributed by atoms with E-state index in [4.69, 9.17) is 0 Å². The van der Waals surface area contributed by atoms with E-state index < -0.39 is 6.51 Å². The molecule has 5 unspecified atom stereocenters. The number of rotatable bonds is 2. The maximum absolute atomic E-state index is 10.2. The van der Waals surface area contributed by atoms with Gasteiger partial charge in [0, 0.05) is 0 Å². The Morgan fingerprint density at radius 2 is 1.47 bits per heavy atom. The van der Waals surface area contributed by atoms with E-state index >= 15 is 0 Å². The Morgan fingerprint density at radius 1 is 0.933 bits per heavy atom. The van der Waals surface area contributed by atoms with E-state index in [1.54, 1.807) is 0 Å². The second-order valence-electron chi connectivity index (χ2n) is 10.6. The SMILES string of the molecule is CC[C]12[CH]3[CH]4[CH]5[C]1(CO)[Fe]43521678[CH]2[CH]1[CH]6[CH]7[CH]28. The first-order chi connectivity index (χ1) is 7.06. The summed E-state index contributed by atoms with van der Waals surface area (Å²) in [7, 11) is 0. The Kier molecular flexibility index (Phi) is 0.136. The molecule has 15 heavy (non-hydrogen) atoms. The zero-order valence-corrected chi connectivity index (χ0v) is 9.94. The molecule has 1 nitrogen and oxygen atoms in total. The zero-order valence-electron chi connectivity index (χ0n) is 8.83. The fourth-order valence-electron chi connectivity index (χ4n) is 19.0. The van der Waals surface area contributed by atoms with E-state index in [0.717, 1.165) is 8.63 Å². The summed E-state index contributed by atoms with van der Waals surface area (Å²) in [6.45, 7) is 0.198. The molecule has 10 saturated heterocycles. The molecule has 0 aromatic heterocycles. The van der Waals surface area contributed by atoms with Crippen LogP contribution in [0.1, 0.15) is 13.3 Å². The topological polar surface area (TPSA) is 20.2 Å². The van der Waals surface area contributed by atoms with Crippen LogP contribution in [0.15, 0.2) is 0 Å². The number of aliphatic hydroxyl groups is 1. The molecule has 0 aromatic carbocycles. The fourth-order valence-corrected chi connectivity index (χ4v) is 97.1. The molecule has 82 valence electrons. The average molecular weight is 244 g/mol. The number of fused-ring (bicyclic) bond motifs is 10. The second kappa shape index (κ2) is 0.378. The van der Waals surface area contributed by atoms with Crippen molar-refractivity contribution in [3.63, 3.8) is 0 Å². The second-order valence-corrected chi connectivity index (χ2v) is 34.0. The Hall–Kier alpha value is 0.479. The Labute approximate surface area is 78.9 Å². The first kappa shape index (κ1) is 5.42. The van der Waals surface area contributed by atoms with E-state index in [1.165, 1.54) is 45.0 Å². The van der Waals surface area contributed by atoms with E-state index in [0.29, 0.717) is 6.61 Å². The van der Waals surface area contributed by atoms with Crippen LogP contribution >= 0.6 is 0 Å². The molecule has 10 aliphatic heterocycles. The van der Waals surface area contributed by atoms with Gasteiger partial charge in [-0.15, -0.1) is 0 Å². The summed E-state index contributed by atoms with van der Waals surface area (Å²) in [6, 6.07) is 0. The molecule has 0 bridgehead atoms. The Bertz CT molecular complexity index is 849. The van der Waals surface area contributed by atoms with Crippen molar-refractivity contribution in [2.75, 3.05) is 6.61 Å². The van der Waals surface area contributed by atoms with Crippen molar-refractivity contribution in [1.82, 2.24) is 0 Å². The molecule has 10 rings (SSSR count). The first-order valence-corrected chi connectivity index (χ1v) is 13.1. The minimum absolute atomic E-state index is 0.670. The summed E-state index contributed by atoms with van der Waals surface area (Å²) >= 11 is 0. The van der Waals surface area contributed by atoms with Crippen molar-refractivity contribution >= 4 is 0 Å². The number of hydrogen-bond acceptors (Lipinski definition) is 1.